The van der Waals surface area contributed by atoms with E-state index in [-0.39, 0.29) is 30.3 Å². The number of carbonyl (C=O) groups is 2. The van der Waals surface area contributed by atoms with Crippen LogP contribution >= 0.6 is 22.9 Å². The molecule has 2 aromatic carbocycles. The van der Waals surface area contributed by atoms with Crippen LogP contribution in [-0.2, 0) is 14.3 Å². The zero-order chi connectivity index (χ0) is 29.1. The van der Waals surface area contributed by atoms with E-state index in [0.29, 0.717) is 37.1 Å². The van der Waals surface area contributed by atoms with Gasteiger partial charge in [0.25, 0.3) is 11.5 Å². The van der Waals surface area contributed by atoms with E-state index in [2.05, 4.69) is 4.99 Å². The Morgan fingerprint density at radius 2 is 1.88 bits per heavy atom. The monoisotopic (exact) mass is 595 g/mol. The van der Waals surface area contributed by atoms with E-state index in [9.17, 15) is 14.4 Å². The minimum atomic E-state index is -0.843. The number of fused-ring (bicyclic) bond motifs is 1. The molecule has 0 saturated carbocycles. The number of thiazole rings is 1. The first-order chi connectivity index (χ1) is 19.8. The van der Waals surface area contributed by atoms with Crippen molar-refractivity contribution in [1.29, 1.82) is 0 Å². The van der Waals surface area contributed by atoms with Crippen molar-refractivity contribution >= 4 is 40.9 Å². The lowest BCUT2D eigenvalue weighted by molar-refractivity contribution is -0.139. The number of amides is 1. The molecule has 0 N–H and O–H groups in total. The fourth-order valence-corrected chi connectivity index (χ4v) is 6.25. The lowest BCUT2D eigenvalue weighted by Gasteiger charge is -2.26. The van der Waals surface area contributed by atoms with Crippen LogP contribution in [-0.4, -0.2) is 54.8 Å². The number of methoxy groups -OCH3 is 1. The molecule has 41 heavy (non-hydrogen) atoms. The van der Waals surface area contributed by atoms with Gasteiger partial charge in [0.2, 0.25) is 0 Å². The molecule has 2 aliphatic heterocycles. The molecule has 3 aromatic rings. The number of benzene rings is 2. The molecule has 11 heteroatoms. The molecular weight excluding hydrogens is 566 g/mol. The molecule has 214 valence electrons. The SMILES string of the molecule is CCOC(=O)C1=C(C)N=c2s/c(=C\c3ccc(OCC(=O)N4CCCC4)cc3)c(=O)n2[C@@H]1c1cc(Cl)ccc1OC. The van der Waals surface area contributed by atoms with Gasteiger partial charge in [-0.25, -0.2) is 9.79 Å². The van der Waals surface area contributed by atoms with E-state index in [4.69, 9.17) is 25.8 Å². The molecule has 0 radical (unpaired) electrons. The second-order valence-corrected chi connectivity index (χ2v) is 11.1. The fraction of sp³-hybridized carbons (Fsp3) is 0.333. The van der Waals surface area contributed by atoms with Crippen molar-refractivity contribution in [2.24, 2.45) is 4.99 Å². The highest BCUT2D eigenvalue weighted by atomic mass is 35.5. The quantitative estimate of drug-likeness (QED) is 0.370. The van der Waals surface area contributed by atoms with Gasteiger partial charge in [-0.1, -0.05) is 35.1 Å². The maximum atomic E-state index is 13.9. The van der Waals surface area contributed by atoms with Gasteiger partial charge in [0.15, 0.2) is 11.4 Å². The summed E-state index contributed by atoms with van der Waals surface area (Å²) in [4.78, 5) is 46.1. The van der Waals surface area contributed by atoms with E-state index in [1.165, 1.54) is 23.0 Å². The summed E-state index contributed by atoms with van der Waals surface area (Å²) in [5.41, 5.74) is 1.71. The third-order valence-corrected chi connectivity index (χ3v) is 8.22. The molecule has 1 saturated heterocycles. The van der Waals surface area contributed by atoms with Crippen LogP contribution in [0, 0.1) is 0 Å². The van der Waals surface area contributed by atoms with Crippen LogP contribution in [0.15, 0.2) is 63.5 Å². The number of esters is 1. The van der Waals surface area contributed by atoms with Gasteiger partial charge >= 0.3 is 5.97 Å². The fourth-order valence-electron chi connectivity index (χ4n) is 5.02. The van der Waals surface area contributed by atoms with Crippen LogP contribution in [0.1, 0.15) is 43.9 Å². The second kappa shape index (κ2) is 12.3. The maximum absolute atomic E-state index is 13.9. The number of hydrogen-bond acceptors (Lipinski definition) is 8. The lowest BCUT2D eigenvalue weighted by atomic mass is 9.95. The van der Waals surface area contributed by atoms with Crippen LogP contribution in [0.2, 0.25) is 5.02 Å². The van der Waals surface area contributed by atoms with Crippen LogP contribution in [0.3, 0.4) is 0 Å². The highest BCUT2D eigenvalue weighted by Crippen LogP contribution is 2.37. The standard InChI is InChI=1S/C30H30ClN3O6S/c1-4-39-29(37)26-18(2)32-30-34(27(26)22-16-20(31)9-12-23(22)38-3)28(36)24(41-30)15-19-7-10-21(11-8-19)40-17-25(35)33-13-5-6-14-33/h7-12,15-16,27H,4-6,13-14,17H2,1-3H3/b24-15-/t27-/m1/s1. The molecular formula is C30H30ClN3O6S. The summed E-state index contributed by atoms with van der Waals surface area (Å²) >= 11 is 7.57. The third kappa shape index (κ3) is 5.94. The summed E-state index contributed by atoms with van der Waals surface area (Å²) < 4.78 is 18.6. The molecule has 1 atom stereocenters. The van der Waals surface area contributed by atoms with Crippen LogP contribution in [0.25, 0.3) is 6.08 Å². The number of nitrogens with zero attached hydrogens (tertiary/aromatic N) is 3. The van der Waals surface area contributed by atoms with Gasteiger partial charge in [0.05, 0.1) is 29.5 Å². The molecule has 1 fully saturated rings. The minimum absolute atomic E-state index is 0.00688. The summed E-state index contributed by atoms with van der Waals surface area (Å²) in [6.45, 7) is 5.17. The van der Waals surface area contributed by atoms with Crippen molar-refractivity contribution in [1.82, 2.24) is 9.47 Å². The van der Waals surface area contributed by atoms with Crippen molar-refractivity contribution in [3.8, 4) is 11.5 Å². The number of carbonyl (C=O) groups excluding carboxylic acids is 2. The minimum Gasteiger partial charge on any atom is -0.496 e. The first kappa shape index (κ1) is 28.6. The van der Waals surface area contributed by atoms with Gasteiger partial charge < -0.3 is 19.1 Å². The number of rotatable bonds is 8. The number of likely N-dealkylation sites (tertiary alicyclic amines) is 1. The summed E-state index contributed by atoms with van der Waals surface area (Å²) in [6.07, 6.45) is 3.82. The Morgan fingerprint density at radius 3 is 2.56 bits per heavy atom. The van der Waals surface area contributed by atoms with Gasteiger partial charge in [-0.05, 0) is 68.7 Å². The number of halogens is 1. The Bertz CT molecular complexity index is 1690. The summed E-state index contributed by atoms with van der Waals surface area (Å²) in [5, 5.41) is 0.435. The summed E-state index contributed by atoms with van der Waals surface area (Å²) in [5.74, 6) is 0.466. The van der Waals surface area contributed by atoms with E-state index >= 15 is 0 Å². The van der Waals surface area contributed by atoms with E-state index in [1.54, 1.807) is 50.3 Å². The van der Waals surface area contributed by atoms with Gasteiger partial charge in [0.1, 0.15) is 17.5 Å². The predicted octanol–water partition coefficient (Wildman–Crippen LogP) is 3.46. The van der Waals surface area contributed by atoms with Crippen LogP contribution in [0.5, 0.6) is 11.5 Å². The smallest absolute Gasteiger partial charge is 0.338 e. The Kier molecular flexibility index (Phi) is 8.60. The Balaban J connectivity index is 1.51. The first-order valence-electron chi connectivity index (χ1n) is 13.3. The maximum Gasteiger partial charge on any atom is 0.338 e. The van der Waals surface area contributed by atoms with Crippen LogP contribution < -0.4 is 24.4 Å². The van der Waals surface area contributed by atoms with Crippen molar-refractivity contribution < 1.29 is 23.8 Å². The van der Waals surface area contributed by atoms with E-state index in [0.717, 1.165) is 31.5 Å². The summed E-state index contributed by atoms with van der Waals surface area (Å²) in [7, 11) is 1.52. The van der Waals surface area contributed by atoms with Crippen molar-refractivity contribution in [3.63, 3.8) is 0 Å². The van der Waals surface area contributed by atoms with Gasteiger partial charge in [0, 0.05) is 23.7 Å². The number of allylic oxidation sites excluding steroid dienone is 1. The van der Waals surface area contributed by atoms with Crippen molar-refractivity contribution in [2.75, 3.05) is 33.4 Å². The van der Waals surface area contributed by atoms with Crippen molar-refractivity contribution in [3.05, 3.63) is 89.6 Å². The zero-order valence-electron chi connectivity index (χ0n) is 23.0. The highest BCUT2D eigenvalue weighted by Gasteiger charge is 2.35. The molecule has 0 spiro atoms. The zero-order valence-corrected chi connectivity index (χ0v) is 24.6. The molecule has 1 aromatic heterocycles. The normalized spacial score (nSPS) is 16.8. The number of ether oxygens (including phenoxy) is 3. The third-order valence-electron chi connectivity index (χ3n) is 7.00. The highest BCUT2D eigenvalue weighted by molar-refractivity contribution is 7.07. The molecule has 1 amide bonds. The van der Waals surface area contributed by atoms with Crippen molar-refractivity contribution in [2.45, 2.75) is 32.7 Å². The predicted molar refractivity (Wildman–Crippen MR) is 156 cm³/mol. The van der Waals surface area contributed by atoms with E-state index < -0.39 is 12.0 Å². The second-order valence-electron chi connectivity index (χ2n) is 9.63. The summed E-state index contributed by atoms with van der Waals surface area (Å²) in [6, 6.07) is 11.4. The molecule has 9 nitrogen and oxygen atoms in total. The average molecular weight is 596 g/mol. The molecule has 5 rings (SSSR count). The number of aromatic nitrogens is 1. The van der Waals surface area contributed by atoms with E-state index in [1.807, 2.05) is 17.0 Å². The van der Waals surface area contributed by atoms with Gasteiger partial charge in [-0.3, -0.25) is 14.2 Å². The molecule has 2 aliphatic rings. The first-order valence-corrected chi connectivity index (χ1v) is 14.5. The van der Waals surface area contributed by atoms with Gasteiger partial charge in [-0.15, -0.1) is 0 Å². The average Bonchev–Trinajstić information content (AvgIpc) is 3.60. The molecule has 0 bridgehead atoms. The van der Waals surface area contributed by atoms with Crippen LogP contribution in [0.4, 0.5) is 0 Å². The Hall–Kier alpha value is -3.89. The number of hydrogen-bond donors (Lipinski definition) is 0. The molecule has 0 unspecified atom stereocenters. The molecule has 0 aliphatic carbocycles. The largest absolute Gasteiger partial charge is 0.496 e. The Morgan fingerprint density at radius 1 is 1.15 bits per heavy atom. The molecule has 3 heterocycles. The Labute approximate surface area is 245 Å². The topological polar surface area (TPSA) is 99.4 Å². The van der Waals surface area contributed by atoms with Gasteiger partial charge in [-0.2, -0.15) is 0 Å². The lowest BCUT2D eigenvalue weighted by Crippen LogP contribution is -2.40.